The highest BCUT2D eigenvalue weighted by molar-refractivity contribution is 5.68. The van der Waals surface area contributed by atoms with Crippen molar-refractivity contribution in [3.8, 4) is 34.3 Å². The molecule has 0 atom stereocenters. The van der Waals surface area contributed by atoms with Gasteiger partial charge in [0.05, 0.1) is 5.56 Å². The second-order valence-electron chi connectivity index (χ2n) is 3.83. The maximum Gasteiger partial charge on any atom is 0.262 e. The van der Waals surface area contributed by atoms with Crippen LogP contribution in [0.3, 0.4) is 0 Å². The monoisotopic (exact) mass is 255 g/mol. The van der Waals surface area contributed by atoms with Gasteiger partial charge in [0.25, 0.3) is 5.89 Å². The Morgan fingerprint density at radius 3 is 2.58 bits per heavy atom. The first kappa shape index (κ1) is 11.2. The van der Waals surface area contributed by atoms with Crippen LogP contribution >= 0.6 is 0 Å². The highest BCUT2D eigenvalue weighted by Crippen LogP contribution is 2.35. The largest absolute Gasteiger partial charge is 0.504 e. The third-order valence-corrected chi connectivity index (χ3v) is 2.61. The molecule has 0 amide bonds. The summed E-state index contributed by atoms with van der Waals surface area (Å²) in [6.45, 7) is 0. The molecule has 0 fully saturated rings. The predicted molar refractivity (Wildman–Crippen MR) is 66.3 cm³/mol. The lowest BCUT2D eigenvalue weighted by molar-refractivity contribution is 0.397. The Labute approximate surface area is 108 Å². The summed E-state index contributed by atoms with van der Waals surface area (Å²) in [5.41, 5.74) is 1.04. The summed E-state index contributed by atoms with van der Waals surface area (Å²) in [5, 5.41) is 23.0. The molecule has 2 N–H and O–H groups in total. The molecule has 2 heterocycles. The molecular weight excluding hydrogens is 246 g/mol. The van der Waals surface area contributed by atoms with Crippen LogP contribution in [-0.4, -0.2) is 25.3 Å². The first-order valence-corrected chi connectivity index (χ1v) is 5.51. The van der Waals surface area contributed by atoms with Gasteiger partial charge in [0.2, 0.25) is 5.82 Å². The van der Waals surface area contributed by atoms with Gasteiger partial charge in [-0.15, -0.1) is 0 Å². The molecule has 0 unspecified atom stereocenters. The summed E-state index contributed by atoms with van der Waals surface area (Å²) in [5.74, 6) is 0.00828. The fourth-order valence-corrected chi connectivity index (χ4v) is 1.66. The molecule has 3 rings (SSSR count). The lowest BCUT2D eigenvalue weighted by atomic mass is 10.2. The standard InChI is InChI=1S/C13H9N3O3/c17-10-3-1-2-9(11(10)18)13-15-12(16-19-13)8-4-6-14-7-5-8/h1-7,17-18H. The minimum absolute atomic E-state index is 0.139. The Hall–Kier alpha value is -2.89. The summed E-state index contributed by atoms with van der Waals surface area (Å²) in [7, 11) is 0. The number of phenols is 2. The Balaban J connectivity index is 2.05. The van der Waals surface area contributed by atoms with Gasteiger partial charge in [-0.2, -0.15) is 4.98 Å². The van der Waals surface area contributed by atoms with Gasteiger partial charge in [-0.3, -0.25) is 4.98 Å². The summed E-state index contributed by atoms with van der Waals surface area (Å²) < 4.78 is 5.09. The van der Waals surface area contributed by atoms with E-state index in [0.717, 1.165) is 5.56 Å². The van der Waals surface area contributed by atoms with E-state index in [0.29, 0.717) is 5.82 Å². The Bertz CT molecular complexity index is 710. The molecule has 1 aromatic carbocycles. The lowest BCUT2D eigenvalue weighted by Crippen LogP contribution is -1.82. The molecule has 0 bridgehead atoms. The third-order valence-electron chi connectivity index (χ3n) is 2.61. The number of nitrogens with zero attached hydrogens (tertiary/aromatic N) is 3. The second-order valence-corrected chi connectivity index (χ2v) is 3.83. The number of rotatable bonds is 2. The van der Waals surface area contributed by atoms with Crippen molar-refractivity contribution < 1.29 is 14.7 Å². The minimum atomic E-state index is -0.285. The molecule has 0 aliphatic heterocycles. The van der Waals surface area contributed by atoms with Crippen LogP contribution in [0.5, 0.6) is 11.5 Å². The molecule has 2 aromatic heterocycles. The lowest BCUT2D eigenvalue weighted by Gasteiger charge is -2.00. The van der Waals surface area contributed by atoms with E-state index in [1.807, 2.05) is 0 Å². The van der Waals surface area contributed by atoms with Crippen molar-refractivity contribution in [2.24, 2.45) is 0 Å². The van der Waals surface area contributed by atoms with E-state index in [1.54, 1.807) is 36.7 Å². The molecule has 0 saturated heterocycles. The fraction of sp³-hybridized carbons (Fsp3) is 0. The fourth-order valence-electron chi connectivity index (χ4n) is 1.66. The number of benzene rings is 1. The number of aromatic nitrogens is 3. The zero-order chi connectivity index (χ0) is 13.2. The molecule has 0 spiro atoms. The number of hydrogen-bond acceptors (Lipinski definition) is 6. The molecule has 94 valence electrons. The van der Waals surface area contributed by atoms with E-state index in [-0.39, 0.29) is 23.0 Å². The number of hydrogen-bond donors (Lipinski definition) is 2. The van der Waals surface area contributed by atoms with Crippen molar-refractivity contribution in [1.82, 2.24) is 15.1 Å². The van der Waals surface area contributed by atoms with Gasteiger partial charge in [-0.25, -0.2) is 0 Å². The molecule has 0 saturated carbocycles. The van der Waals surface area contributed by atoms with Gasteiger partial charge in [0, 0.05) is 18.0 Å². The van der Waals surface area contributed by atoms with Crippen molar-refractivity contribution in [2.75, 3.05) is 0 Å². The van der Waals surface area contributed by atoms with E-state index in [1.165, 1.54) is 6.07 Å². The van der Waals surface area contributed by atoms with Gasteiger partial charge in [-0.05, 0) is 24.3 Å². The second kappa shape index (κ2) is 4.41. The maximum atomic E-state index is 9.74. The van der Waals surface area contributed by atoms with Crippen molar-refractivity contribution in [3.05, 3.63) is 42.7 Å². The Morgan fingerprint density at radius 2 is 1.79 bits per heavy atom. The molecule has 0 aliphatic rings. The number of pyridine rings is 1. The normalized spacial score (nSPS) is 10.5. The smallest absolute Gasteiger partial charge is 0.262 e. The maximum absolute atomic E-state index is 9.74. The Morgan fingerprint density at radius 1 is 1.00 bits per heavy atom. The van der Waals surface area contributed by atoms with Gasteiger partial charge < -0.3 is 14.7 Å². The average molecular weight is 255 g/mol. The number of aromatic hydroxyl groups is 2. The van der Waals surface area contributed by atoms with E-state index >= 15 is 0 Å². The van der Waals surface area contributed by atoms with Crippen LogP contribution in [-0.2, 0) is 0 Å². The van der Waals surface area contributed by atoms with Gasteiger partial charge in [0.15, 0.2) is 11.5 Å². The van der Waals surface area contributed by atoms with Crippen LogP contribution in [0.4, 0.5) is 0 Å². The predicted octanol–water partition coefficient (Wildman–Crippen LogP) is 2.21. The van der Waals surface area contributed by atoms with E-state index in [9.17, 15) is 10.2 Å². The van der Waals surface area contributed by atoms with Gasteiger partial charge >= 0.3 is 0 Å². The topological polar surface area (TPSA) is 92.3 Å². The summed E-state index contributed by atoms with van der Waals surface area (Å²) >= 11 is 0. The van der Waals surface area contributed by atoms with Crippen LogP contribution < -0.4 is 0 Å². The molecular formula is C13H9N3O3. The highest BCUT2D eigenvalue weighted by atomic mass is 16.5. The number of phenolic OH excluding ortho intramolecular Hbond substituents is 2. The quantitative estimate of drug-likeness (QED) is 0.682. The molecule has 0 aliphatic carbocycles. The summed E-state index contributed by atoms with van der Waals surface area (Å²) in [4.78, 5) is 8.08. The summed E-state index contributed by atoms with van der Waals surface area (Å²) in [6, 6.07) is 8.03. The van der Waals surface area contributed by atoms with Crippen molar-refractivity contribution in [1.29, 1.82) is 0 Å². The zero-order valence-electron chi connectivity index (χ0n) is 9.69. The average Bonchev–Trinajstić information content (AvgIpc) is 2.92. The molecule has 0 radical (unpaired) electrons. The van der Waals surface area contributed by atoms with E-state index in [2.05, 4.69) is 15.1 Å². The highest BCUT2D eigenvalue weighted by Gasteiger charge is 2.15. The molecule has 6 nitrogen and oxygen atoms in total. The van der Waals surface area contributed by atoms with Crippen molar-refractivity contribution >= 4 is 0 Å². The zero-order valence-corrected chi connectivity index (χ0v) is 9.69. The molecule has 19 heavy (non-hydrogen) atoms. The van der Waals surface area contributed by atoms with Gasteiger partial charge in [0.1, 0.15) is 0 Å². The van der Waals surface area contributed by atoms with E-state index < -0.39 is 0 Å². The van der Waals surface area contributed by atoms with Crippen molar-refractivity contribution in [2.45, 2.75) is 0 Å². The van der Waals surface area contributed by atoms with Crippen LogP contribution in [0.25, 0.3) is 22.8 Å². The Kier molecular flexibility index (Phi) is 2.60. The minimum Gasteiger partial charge on any atom is -0.504 e. The first-order chi connectivity index (χ1) is 9.25. The van der Waals surface area contributed by atoms with Crippen LogP contribution in [0.1, 0.15) is 0 Å². The number of para-hydroxylation sites is 1. The van der Waals surface area contributed by atoms with Crippen LogP contribution in [0.2, 0.25) is 0 Å². The molecule has 3 aromatic rings. The van der Waals surface area contributed by atoms with E-state index in [4.69, 9.17) is 4.52 Å². The third kappa shape index (κ3) is 1.99. The SMILES string of the molecule is Oc1cccc(-c2nc(-c3ccncc3)no2)c1O. The van der Waals surface area contributed by atoms with Crippen LogP contribution in [0.15, 0.2) is 47.2 Å². The summed E-state index contributed by atoms with van der Waals surface area (Å²) in [6.07, 6.45) is 3.24. The van der Waals surface area contributed by atoms with Crippen LogP contribution in [0, 0.1) is 0 Å². The first-order valence-electron chi connectivity index (χ1n) is 5.51. The molecule has 6 heteroatoms. The van der Waals surface area contributed by atoms with Crippen molar-refractivity contribution in [3.63, 3.8) is 0 Å². The van der Waals surface area contributed by atoms with Gasteiger partial charge in [-0.1, -0.05) is 11.2 Å².